The van der Waals surface area contributed by atoms with Gasteiger partial charge < -0.3 is 14.5 Å². The number of esters is 1. The van der Waals surface area contributed by atoms with Gasteiger partial charge in [-0.3, -0.25) is 4.79 Å². The number of carbonyl (C=O) groups is 2. The van der Waals surface area contributed by atoms with Crippen LogP contribution in [0.2, 0.25) is 0 Å². The van der Waals surface area contributed by atoms with Gasteiger partial charge in [0.1, 0.15) is 0 Å². The molecule has 0 heterocycles. The molecule has 0 spiro atoms. The van der Waals surface area contributed by atoms with Crippen LogP contribution in [0, 0.1) is 6.92 Å². The van der Waals surface area contributed by atoms with E-state index in [4.69, 9.17) is 4.74 Å². The number of hydrogen-bond acceptors (Lipinski definition) is 3. The molecule has 0 aromatic heterocycles. The van der Waals surface area contributed by atoms with Crippen LogP contribution in [-0.4, -0.2) is 49.6 Å². The van der Waals surface area contributed by atoms with Crippen LogP contribution < -0.4 is 5.32 Å². The summed E-state index contributed by atoms with van der Waals surface area (Å²) in [6.45, 7) is 11.2. The Morgan fingerprint density at radius 1 is 1.14 bits per heavy atom. The lowest BCUT2D eigenvalue weighted by atomic mass is 10.1. The lowest BCUT2D eigenvalue weighted by Gasteiger charge is -2.35. The molecule has 1 rings (SSSR count). The van der Waals surface area contributed by atoms with E-state index in [9.17, 15) is 9.59 Å². The fraction of sp³-hybridized carbons (Fsp3) is 0.529. The summed E-state index contributed by atoms with van der Waals surface area (Å²) in [5, 5.41) is 2.90. The third-order valence-electron chi connectivity index (χ3n) is 4.43. The molecule has 0 fully saturated rings. The Kier molecular flexibility index (Phi) is 6.56. The quantitative estimate of drug-likeness (QED) is 0.622. The normalized spacial score (nSPS) is 11.1. The molecule has 0 bridgehead atoms. The summed E-state index contributed by atoms with van der Waals surface area (Å²) in [5.41, 5.74) is 1.78. The number of quaternary nitrogens is 1. The first-order valence-corrected chi connectivity index (χ1v) is 7.75. The van der Waals surface area contributed by atoms with Crippen molar-refractivity contribution in [2.75, 3.05) is 38.6 Å². The minimum atomic E-state index is -0.443. The zero-order valence-corrected chi connectivity index (χ0v) is 14.2. The number of rotatable bonds is 7. The van der Waals surface area contributed by atoms with Crippen LogP contribution in [0.1, 0.15) is 36.7 Å². The molecule has 0 aliphatic heterocycles. The van der Waals surface area contributed by atoms with E-state index in [0.717, 1.165) is 29.7 Å². The summed E-state index contributed by atoms with van der Waals surface area (Å²) in [7, 11) is 1.34. The minimum Gasteiger partial charge on any atom is -0.465 e. The van der Waals surface area contributed by atoms with Crippen LogP contribution in [0.5, 0.6) is 0 Å². The van der Waals surface area contributed by atoms with Crippen LogP contribution in [-0.2, 0) is 9.53 Å². The standard InChI is InChI=1S/C17H26N2O3/c1-6-19(7-2,8-3)12-15(20)18-16-13(4)10-9-11-14(16)17(21)22-5/h9-11H,6-8,12H2,1-5H3/p+1. The van der Waals surface area contributed by atoms with Gasteiger partial charge in [-0.15, -0.1) is 0 Å². The predicted octanol–water partition coefficient (Wildman–Crippen LogP) is 2.60. The predicted molar refractivity (Wildman–Crippen MR) is 87.9 cm³/mol. The number of methoxy groups -OCH3 is 1. The number of likely N-dealkylation sites (N-methyl/N-ethyl adjacent to an activating group) is 1. The Labute approximate surface area is 132 Å². The molecule has 0 unspecified atom stereocenters. The topological polar surface area (TPSA) is 55.4 Å². The lowest BCUT2D eigenvalue weighted by molar-refractivity contribution is -0.915. The number of para-hydroxylation sites is 1. The van der Waals surface area contributed by atoms with E-state index < -0.39 is 5.97 Å². The average molecular weight is 307 g/mol. The Hall–Kier alpha value is -1.88. The maximum atomic E-state index is 12.4. The van der Waals surface area contributed by atoms with E-state index >= 15 is 0 Å². The average Bonchev–Trinajstić information content (AvgIpc) is 2.54. The molecule has 0 aliphatic carbocycles. The summed E-state index contributed by atoms with van der Waals surface area (Å²) in [4.78, 5) is 24.3. The van der Waals surface area contributed by atoms with E-state index in [1.807, 2.05) is 13.0 Å². The first-order chi connectivity index (χ1) is 10.4. The van der Waals surface area contributed by atoms with Crippen molar-refractivity contribution in [1.29, 1.82) is 0 Å². The highest BCUT2D eigenvalue weighted by atomic mass is 16.5. The minimum absolute atomic E-state index is 0.0787. The highest BCUT2D eigenvalue weighted by Gasteiger charge is 2.26. The van der Waals surface area contributed by atoms with Gasteiger partial charge in [-0.25, -0.2) is 4.79 Å². The third kappa shape index (κ3) is 4.07. The van der Waals surface area contributed by atoms with Crippen molar-refractivity contribution < 1.29 is 18.8 Å². The monoisotopic (exact) mass is 307 g/mol. The number of benzene rings is 1. The molecule has 22 heavy (non-hydrogen) atoms. The number of aryl methyl sites for hydroxylation is 1. The highest BCUT2D eigenvalue weighted by molar-refractivity contribution is 6.02. The Bertz CT molecular complexity index is 528. The number of hydrogen-bond donors (Lipinski definition) is 1. The first kappa shape index (κ1) is 18.2. The number of anilines is 1. The zero-order valence-electron chi connectivity index (χ0n) is 14.2. The van der Waals surface area contributed by atoms with Crippen molar-refractivity contribution in [3.8, 4) is 0 Å². The van der Waals surface area contributed by atoms with Gasteiger partial charge in [0.25, 0.3) is 5.91 Å². The molecule has 5 heteroatoms. The second kappa shape index (κ2) is 7.94. The van der Waals surface area contributed by atoms with Crippen molar-refractivity contribution >= 4 is 17.6 Å². The van der Waals surface area contributed by atoms with Crippen LogP contribution in [0.25, 0.3) is 0 Å². The van der Waals surface area contributed by atoms with Gasteiger partial charge in [-0.05, 0) is 39.3 Å². The van der Waals surface area contributed by atoms with Gasteiger partial charge in [0.15, 0.2) is 6.54 Å². The maximum Gasteiger partial charge on any atom is 0.339 e. The highest BCUT2D eigenvalue weighted by Crippen LogP contribution is 2.21. The number of carbonyl (C=O) groups excluding carboxylic acids is 2. The first-order valence-electron chi connectivity index (χ1n) is 7.75. The molecule has 122 valence electrons. The summed E-state index contributed by atoms with van der Waals surface area (Å²) >= 11 is 0. The molecule has 0 saturated carbocycles. The molecule has 1 N–H and O–H groups in total. The molecule has 1 aromatic carbocycles. The molecule has 5 nitrogen and oxygen atoms in total. The van der Waals surface area contributed by atoms with Crippen LogP contribution in [0.3, 0.4) is 0 Å². The van der Waals surface area contributed by atoms with Gasteiger partial charge in [-0.1, -0.05) is 12.1 Å². The fourth-order valence-corrected chi connectivity index (χ4v) is 2.60. The molecule has 0 saturated heterocycles. The van der Waals surface area contributed by atoms with Crippen LogP contribution in [0.15, 0.2) is 18.2 Å². The second-order valence-corrected chi connectivity index (χ2v) is 5.49. The van der Waals surface area contributed by atoms with E-state index in [-0.39, 0.29) is 5.91 Å². The summed E-state index contributed by atoms with van der Waals surface area (Å²) < 4.78 is 5.51. The van der Waals surface area contributed by atoms with Gasteiger partial charge in [0.05, 0.1) is 38.0 Å². The zero-order chi connectivity index (χ0) is 16.8. The van der Waals surface area contributed by atoms with Gasteiger partial charge in [0, 0.05) is 0 Å². The van der Waals surface area contributed by atoms with Gasteiger partial charge >= 0.3 is 5.97 Å². The van der Waals surface area contributed by atoms with Crippen molar-refractivity contribution in [3.63, 3.8) is 0 Å². The molecule has 1 amide bonds. The Morgan fingerprint density at radius 2 is 1.73 bits per heavy atom. The third-order valence-corrected chi connectivity index (χ3v) is 4.43. The number of amides is 1. The molecule has 0 atom stereocenters. The van der Waals surface area contributed by atoms with E-state index in [0.29, 0.717) is 17.8 Å². The largest absolute Gasteiger partial charge is 0.465 e. The lowest BCUT2D eigenvalue weighted by Crippen LogP contribution is -2.52. The SMILES string of the molecule is CC[N+](CC)(CC)CC(=O)Nc1c(C)cccc1C(=O)OC. The van der Waals surface area contributed by atoms with Gasteiger partial charge in [-0.2, -0.15) is 0 Å². The number of nitrogens with zero attached hydrogens (tertiary/aromatic N) is 1. The van der Waals surface area contributed by atoms with Crippen LogP contribution in [0.4, 0.5) is 5.69 Å². The molecule has 1 aromatic rings. The summed E-state index contributed by atoms with van der Waals surface area (Å²) in [6.07, 6.45) is 0. The maximum absolute atomic E-state index is 12.4. The molecular weight excluding hydrogens is 280 g/mol. The van der Waals surface area contributed by atoms with Crippen molar-refractivity contribution in [3.05, 3.63) is 29.3 Å². The molecule has 0 aliphatic rings. The van der Waals surface area contributed by atoms with Crippen molar-refractivity contribution in [2.24, 2.45) is 0 Å². The smallest absolute Gasteiger partial charge is 0.339 e. The molecular formula is C17H27N2O3+. The van der Waals surface area contributed by atoms with Crippen molar-refractivity contribution in [1.82, 2.24) is 0 Å². The number of nitrogens with one attached hydrogen (secondary N) is 1. The number of ether oxygens (including phenoxy) is 1. The van der Waals surface area contributed by atoms with Crippen LogP contribution >= 0.6 is 0 Å². The summed E-state index contributed by atoms with van der Waals surface area (Å²) in [6, 6.07) is 5.31. The van der Waals surface area contributed by atoms with E-state index in [1.165, 1.54) is 7.11 Å². The van der Waals surface area contributed by atoms with Gasteiger partial charge in [0.2, 0.25) is 0 Å². The summed E-state index contributed by atoms with van der Waals surface area (Å²) in [5.74, 6) is -0.522. The fourth-order valence-electron chi connectivity index (χ4n) is 2.60. The Balaban J connectivity index is 3.00. The van der Waals surface area contributed by atoms with E-state index in [1.54, 1.807) is 12.1 Å². The second-order valence-electron chi connectivity index (χ2n) is 5.49. The van der Waals surface area contributed by atoms with E-state index in [2.05, 4.69) is 26.1 Å². The molecule has 0 radical (unpaired) electrons. The Morgan fingerprint density at radius 3 is 2.23 bits per heavy atom. The van der Waals surface area contributed by atoms with Crippen molar-refractivity contribution in [2.45, 2.75) is 27.7 Å².